The molecule has 0 bridgehead atoms. The van der Waals surface area contributed by atoms with Crippen LogP contribution in [0.4, 0.5) is 18.9 Å². The van der Waals surface area contributed by atoms with Crippen molar-refractivity contribution >= 4 is 17.5 Å². The number of alkyl halides is 3. The van der Waals surface area contributed by atoms with Crippen LogP contribution >= 0.6 is 0 Å². The summed E-state index contributed by atoms with van der Waals surface area (Å²) in [6, 6.07) is 5.43. The first kappa shape index (κ1) is 19.6. The minimum atomic E-state index is -4.52. The van der Waals surface area contributed by atoms with Gasteiger partial charge in [-0.25, -0.2) is 0 Å². The molecule has 0 aliphatic heterocycles. The lowest BCUT2D eigenvalue weighted by Crippen LogP contribution is -2.36. The van der Waals surface area contributed by atoms with Gasteiger partial charge in [0.05, 0.1) is 12.1 Å². The summed E-state index contributed by atoms with van der Waals surface area (Å²) in [4.78, 5) is 23.7. The molecule has 0 heterocycles. The maximum absolute atomic E-state index is 12.2. The molecular formula is C17H18F3N3O3. The second-order valence-corrected chi connectivity index (χ2v) is 5.97. The van der Waals surface area contributed by atoms with Gasteiger partial charge in [0.15, 0.2) is 6.61 Å². The molecule has 1 fully saturated rings. The zero-order valence-electron chi connectivity index (χ0n) is 13.9. The van der Waals surface area contributed by atoms with Crippen molar-refractivity contribution in [3.63, 3.8) is 0 Å². The minimum absolute atomic E-state index is 0.0574. The number of ether oxygens (including phenoxy) is 1. The number of hydrogen-bond acceptors (Lipinski definition) is 4. The van der Waals surface area contributed by atoms with Crippen LogP contribution in [-0.2, 0) is 9.59 Å². The van der Waals surface area contributed by atoms with Gasteiger partial charge >= 0.3 is 6.18 Å². The first-order chi connectivity index (χ1) is 12.3. The minimum Gasteiger partial charge on any atom is -0.483 e. The Morgan fingerprint density at radius 1 is 1.27 bits per heavy atom. The van der Waals surface area contributed by atoms with Crippen molar-refractivity contribution in [1.82, 2.24) is 5.32 Å². The van der Waals surface area contributed by atoms with Crippen LogP contribution in [0.25, 0.3) is 0 Å². The van der Waals surface area contributed by atoms with E-state index in [1.54, 1.807) is 6.07 Å². The van der Waals surface area contributed by atoms with Crippen molar-refractivity contribution in [2.24, 2.45) is 5.92 Å². The molecule has 0 unspecified atom stereocenters. The number of nitrogens with zero attached hydrogens (tertiary/aromatic N) is 1. The highest BCUT2D eigenvalue weighted by atomic mass is 19.4. The third-order valence-electron chi connectivity index (χ3n) is 3.92. The van der Waals surface area contributed by atoms with Crippen molar-refractivity contribution in [2.75, 3.05) is 18.5 Å². The Morgan fingerprint density at radius 2 is 1.96 bits per heavy atom. The second-order valence-electron chi connectivity index (χ2n) is 5.97. The number of amides is 2. The van der Waals surface area contributed by atoms with Crippen LogP contribution in [0, 0.1) is 17.2 Å². The topological polar surface area (TPSA) is 91.2 Å². The van der Waals surface area contributed by atoms with Crippen molar-refractivity contribution in [2.45, 2.75) is 31.9 Å². The lowest BCUT2D eigenvalue weighted by Gasteiger charge is -2.13. The number of benzene rings is 1. The Hall–Kier alpha value is -2.76. The molecule has 9 heteroatoms. The maximum atomic E-state index is 12.2. The smallest absolute Gasteiger partial charge is 0.422 e. The van der Waals surface area contributed by atoms with E-state index in [1.807, 2.05) is 0 Å². The molecule has 140 valence electrons. The quantitative estimate of drug-likeness (QED) is 0.807. The number of halogens is 3. The SMILES string of the molecule is N#Cc1cc(NC(=O)CNC(=O)C2CCCC2)ccc1OCC(F)(F)F. The largest absolute Gasteiger partial charge is 0.483 e. The highest BCUT2D eigenvalue weighted by Crippen LogP contribution is 2.25. The van der Waals surface area contributed by atoms with E-state index in [0.29, 0.717) is 0 Å². The van der Waals surface area contributed by atoms with Crippen molar-refractivity contribution in [3.8, 4) is 11.8 Å². The molecule has 0 saturated heterocycles. The molecule has 2 N–H and O–H groups in total. The summed E-state index contributed by atoms with van der Waals surface area (Å²) in [5.41, 5.74) is 0.0862. The number of carbonyl (C=O) groups is 2. The Kier molecular flexibility index (Phi) is 6.44. The number of nitrogens with one attached hydrogen (secondary N) is 2. The van der Waals surface area contributed by atoms with E-state index < -0.39 is 18.7 Å². The number of carbonyl (C=O) groups excluding carboxylic acids is 2. The molecule has 0 atom stereocenters. The van der Waals surface area contributed by atoms with Gasteiger partial charge in [0, 0.05) is 11.6 Å². The molecule has 2 rings (SSSR count). The average molecular weight is 369 g/mol. The summed E-state index contributed by atoms with van der Waals surface area (Å²) in [5, 5.41) is 14.1. The van der Waals surface area contributed by atoms with E-state index in [9.17, 15) is 22.8 Å². The Balaban J connectivity index is 1.89. The third-order valence-corrected chi connectivity index (χ3v) is 3.92. The van der Waals surface area contributed by atoms with E-state index in [4.69, 9.17) is 5.26 Å². The summed E-state index contributed by atoms with van der Waals surface area (Å²) >= 11 is 0. The van der Waals surface area contributed by atoms with Crippen LogP contribution in [0.3, 0.4) is 0 Å². The zero-order chi connectivity index (χ0) is 19.2. The monoisotopic (exact) mass is 369 g/mol. The van der Waals surface area contributed by atoms with Gasteiger partial charge in [-0.15, -0.1) is 0 Å². The fourth-order valence-electron chi connectivity index (χ4n) is 2.69. The van der Waals surface area contributed by atoms with E-state index in [1.165, 1.54) is 18.2 Å². The van der Waals surface area contributed by atoms with Crippen LogP contribution in [0.2, 0.25) is 0 Å². The molecule has 1 aliphatic rings. The number of hydrogen-bond donors (Lipinski definition) is 2. The van der Waals surface area contributed by atoms with Crippen LogP contribution in [-0.4, -0.2) is 31.1 Å². The molecule has 1 aliphatic carbocycles. The maximum Gasteiger partial charge on any atom is 0.422 e. The van der Waals surface area contributed by atoms with Gasteiger partial charge in [-0.05, 0) is 31.0 Å². The summed E-state index contributed by atoms with van der Waals surface area (Å²) < 4.78 is 41.1. The Bertz CT molecular complexity index is 707. The fraction of sp³-hybridized carbons (Fsp3) is 0.471. The zero-order valence-corrected chi connectivity index (χ0v) is 13.9. The number of anilines is 1. The van der Waals surface area contributed by atoms with Gasteiger partial charge in [-0.2, -0.15) is 18.4 Å². The molecular weight excluding hydrogens is 351 g/mol. The van der Waals surface area contributed by atoms with E-state index in [0.717, 1.165) is 25.7 Å². The molecule has 26 heavy (non-hydrogen) atoms. The highest BCUT2D eigenvalue weighted by Gasteiger charge is 2.29. The summed E-state index contributed by atoms with van der Waals surface area (Å²) in [5.74, 6) is -0.939. The molecule has 1 saturated carbocycles. The number of nitriles is 1. The van der Waals surface area contributed by atoms with Gasteiger partial charge in [-0.3, -0.25) is 9.59 Å². The van der Waals surface area contributed by atoms with Gasteiger partial charge < -0.3 is 15.4 Å². The van der Waals surface area contributed by atoms with Crippen LogP contribution < -0.4 is 15.4 Å². The molecule has 0 spiro atoms. The molecule has 1 aromatic rings. The molecule has 6 nitrogen and oxygen atoms in total. The first-order valence-electron chi connectivity index (χ1n) is 8.10. The molecule has 0 radical (unpaired) electrons. The summed E-state index contributed by atoms with van der Waals surface area (Å²) in [6.45, 7) is -1.73. The Labute approximate surface area is 148 Å². The molecule has 0 aromatic heterocycles. The average Bonchev–Trinajstić information content (AvgIpc) is 3.12. The summed E-state index contributed by atoms with van der Waals surface area (Å²) in [7, 11) is 0. The Morgan fingerprint density at radius 3 is 2.58 bits per heavy atom. The van der Waals surface area contributed by atoms with Gasteiger partial charge in [-0.1, -0.05) is 12.8 Å². The lowest BCUT2D eigenvalue weighted by molar-refractivity contribution is -0.153. The van der Waals surface area contributed by atoms with Crippen molar-refractivity contribution in [3.05, 3.63) is 23.8 Å². The predicted molar refractivity (Wildman–Crippen MR) is 86.3 cm³/mol. The highest BCUT2D eigenvalue weighted by molar-refractivity contribution is 5.95. The second kappa shape index (κ2) is 8.56. The van der Waals surface area contributed by atoms with Gasteiger partial charge in [0.1, 0.15) is 11.8 Å². The predicted octanol–water partition coefficient (Wildman–Crippen LogP) is 2.74. The van der Waals surface area contributed by atoms with Gasteiger partial charge in [0.2, 0.25) is 11.8 Å². The van der Waals surface area contributed by atoms with E-state index in [2.05, 4.69) is 15.4 Å². The van der Waals surface area contributed by atoms with Crippen LogP contribution in [0.1, 0.15) is 31.2 Å². The number of rotatable bonds is 6. The van der Waals surface area contributed by atoms with E-state index >= 15 is 0 Å². The molecule has 1 aromatic carbocycles. The van der Waals surface area contributed by atoms with Crippen LogP contribution in [0.15, 0.2) is 18.2 Å². The first-order valence-corrected chi connectivity index (χ1v) is 8.10. The lowest BCUT2D eigenvalue weighted by atomic mass is 10.1. The standard InChI is InChI=1S/C17H18F3N3O3/c18-17(19,20)10-26-14-6-5-13(7-12(14)8-21)23-15(24)9-22-16(25)11-3-1-2-4-11/h5-7,11H,1-4,9-10H2,(H,22,25)(H,23,24). The van der Waals surface area contributed by atoms with Crippen molar-refractivity contribution in [1.29, 1.82) is 5.26 Å². The summed E-state index contributed by atoms with van der Waals surface area (Å²) in [6.07, 6.45) is -0.873. The van der Waals surface area contributed by atoms with Gasteiger partial charge in [0.25, 0.3) is 0 Å². The fourth-order valence-corrected chi connectivity index (χ4v) is 2.69. The van der Waals surface area contributed by atoms with Crippen molar-refractivity contribution < 1.29 is 27.5 Å². The van der Waals surface area contributed by atoms with E-state index in [-0.39, 0.29) is 35.4 Å². The normalized spacial score (nSPS) is 14.5. The third kappa shape index (κ3) is 5.95. The molecule has 2 amide bonds. The van der Waals surface area contributed by atoms with Crippen LogP contribution in [0.5, 0.6) is 5.75 Å².